The number of benzene rings is 1. The van der Waals surface area contributed by atoms with Crippen LogP contribution < -0.4 is 5.32 Å². The maximum absolute atomic E-state index is 12.1. The smallest absolute Gasteiger partial charge is 0.257 e. The maximum Gasteiger partial charge on any atom is 0.257 e. The highest BCUT2D eigenvalue weighted by Gasteiger charge is 2.39. The summed E-state index contributed by atoms with van der Waals surface area (Å²) < 4.78 is 11.5. The summed E-state index contributed by atoms with van der Waals surface area (Å²) >= 11 is 0. The number of para-hydroxylation sites is 1. The minimum atomic E-state index is -0.370. The number of hydrogen-bond donors (Lipinski definition) is 1. The van der Waals surface area contributed by atoms with Crippen LogP contribution in [0.1, 0.15) is 18.4 Å². The fourth-order valence-corrected chi connectivity index (χ4v) is 3.23. The average molecular weight is 286 g/mol. The lowest BCUT2D eigenvalue weighted by Crippen LogP contribution is -2.43. The minimum absolute atomic E-state index is 0.0233. The van der Waals surface area contributed by atoms with Crippen molar-refractivity contribution in [2.75, 3.05) is 31.6 Å². The van der Waals surface area contributed by atoms with Gasteiger partial charge >= 0.3 is 0 Å². The van der Waals surface area contributed by atoms with E-state index in [1.54, 1.807) is 0 Å². The molecule has 1 N–H and O–H groups in total. The van der Waals surface area contributed by atoms with Gasteiger partial charge in [-0.3, -0.25) is 4.79 Å². The van der Waals surface area contributed by atoms with E-state index in [1.807, 2.05) is 30.5 Å². The Morgan fingerprint density at radius 2 is 1.86 bits per heavy atom. The van der Waals surface area contributed by atoms with Gasteiger partial charge in [0.05, 0.1) is 18.8 Å². The number of nitrogens with one attached hydrogen (secondary N) is 1. The number of carbonyl (C=O) groups excluding carboxylic acids is 1. The van der Waals surface area contributed by atoms with Crippen molar-refractivity contribution in [2.24, 2.45) is 0 Å². The first-order valence-electron chi connectivity index (χ1n) is 7.40. The van der Waals surface area contributed by atoms with Gasteiger partial charge in [-0.2, -0.15) is 0 Å². The summed E-state index contributed by atoms with van der Waals surface area (Å²) in [5.41, 5.74) is 2.62. The first kappa shape index (κ1) is 12.9. The number of anilines is 1. The second-order valence-corrected chi connectivity index (χ2v) is 5.69. The first-order valence-corrected chi connectivity index (χ1v) is 7.40. The molecular formula is C16H18N2O3. The molecule has 3 heterocycles. The van der Waals surface area contributed by atoms with Gasteiger partial charge in [-0.1, -0.05) is 18.2 Å². The number of piperidine rings is 1. The topological polar surface area (TPSA) is 50.8 Å². The first-order chi connectivity index (χ1) is 10.3. The Bertz CT molecular complexity index is 595. The van der Waals surface area contributed by atoms with Crippen molar-refractivity contribution in [1.29, 1.82) is 0 Å². The van der Waals surface area contributed by atoms with Crippen molar-refractivity contribution in [3.05, 3.63) is 36.0 Å². The summed E-state index contributed by atoms with van der Waals surface area (Å²) in [5.74, 6) is -0.393. The summed E-state index contributed by atoms with van der Waals surface area (Å²) in [6.45, 7) is 3.08. The monoisotopic (exact) mass is 286 g/mol. The van der Waals surface area contributed by atoms with Gasteiger partial charge in [0.25, 0.3) is 5.91 Å². The Hall–Kier alpha value is -1.85. The lowest BCUT2D eigenvalue weighted by Gasteiger charge is -2.37. The summed E-state index contributed by atoms with van der Waals surface area (Å²) in [7, 11) is 0. The number of ether oxygens (including phenoxy) is 2. The van der Waals surface area contributed by atoms with E-state index in [0.29, 0.717) is 13.2 Å². The van der Waals surface area contributed by atoms with E-state index >= 15 is 0 Å². The normalized spacial score (nSPS) is 25.4. The number of carbonyl (C=O) groups is 1. The Balaban J connectivity index is 1.52. The van der Waals surface area contributed by atoms with Crippen molar-refractivity contribution >= 4 is 17.2 Å². The SMILES string of the molecule is O=C1Nc2ccccc2/C1=C\N1CCC2(CC1)OCCO2. The molecule has 3 aliphatic rings. The molecule has 2 saturated heterocycles. The zero-order chi connectivity index (χ0) is 14.3. The van der Waals surface area contributed by atoms with Gasteiger partial charge in [-0.25, -0.2) is 0 Å². The molecule has 110 valence electrons. The average Bonchev–Trinajstić information content (AvgIpc) is 3.07. The molecule has 5 heteroatoms. The molecule has 0 aliphatic carbocycles. The van der Waals surface area contributed by atoms with Crippen LogP contribution >= 0.6 is 0 Å². The van der Waals surface area contributed by atoms with E-state index in [2.05, 4.69) is 10.2 Å². The van der Waals surface area contributed by atoms with E-state index in [4.69, 9.17) is 9.47 Å². The Morgan fingerprint density at radius 1 is 1.14 bits per heavy atom. The molecule has 1 amide bonds. The molecule has 1 aromatic carbocycles. The Labute approximate surface area is 123 Å². The predicted octanol–water partition coefficient (Wildman–Crippen LogP) is 1.82. The number of hydrogen-bond acceptors (Lipinski definition) is 4. The molecule has 4 rings (SSSR count). The molecule has 0 saturated carbocycles. The molecule has 3 aliphatic heterocycles. The third-order valence-corrected chi connectivity index (χ3v) is 4.40. The minimum Gasteiger partial charge on any atom is -0.376 e. The lowest BCUT2D eigenvalue weighted by atomic mass is 10.0. The van der Waals surface area contributed by atoms with Crippen LogP contribution in [0.25, 0.3) is 5.57 Å². The third-order valence-electron chi connectivity index (χ3n) is 4.40. The fourth-order valence-electron chi connectivity index (χ4n) is 3.23. The fraction of sp³-hybridized carbons (Fsp3) is 0.438. The second kappa shape index (κ2) is 4.86. The molecule has 0 bridgehead atoms. The van der Waals surface area contributed by atoms with Crippen LogP contribution in [0.3, 0.4) is 0 Å². The zero-order valence-corrected chi connectivity index (χ0v) is 11.8. The Kier molecular flexibility index (Phi) is 2.97. The van der Waals surface area contributed by atoms with Gasteiger partial charge < -0.3 is 19.7 Å². The molecule has 0 aromatic heterocycles. The third kappa shape index (κ3) is 2.22. The zero-order valence-electron chi connectivity index (χ0n) is 11.8. The van der Waals surface area contributed by atoms with Crippen molar-refractivity contribution in [3.63, 3.8) is 0 Å². The van der Waals surface area contributed by atoms with Crippen molar-refractivity contribution in [2.45, 2.75) is 18.6 Å². The van der Waals surface area contributed by atoms with Crippen molar-refractivity contribution < 1.29 is 14.3 Å². The predicted molar refractivity (Wildman–Crippen MR) is 78.5 cm³/mol. The van der Waals surface area contributed by atoms with E-state index in [1.165, 1.54) is 0 Å². The number of nitrogens with zero attached hydrogens (tertiary/aromatic N) is 1. The summed E-state index contributed by atoms with van der Waals surface area (Å²) in [4.78, 5) is 14.3. The largest absolute Gasteiger partial charge is 0.376 e. The standard InChI is InChI=1S/C16H18N2O3/c19-15-13(12-3-1-2-4-14(12)17-15)11-18-7-5-16(6-8-18)20-9-10-21-16/h1-4,11H,5-10H2,(H,17,19)/b13-11+. The van der Waals surface area contributed by atoms with Crippen molar-refractivity contribution in [1.82, 2.24) is 4.90 Å². The van der Waals surface area contributed by atoms with E-state index < -0.39 is 0 Å². The van der Waals surface area contributed by atoms with Crippen LogP contribution in [0, 0.1) is 0 Å². The maximum atomic E-state index is 12.1. The lowest BCUT2D eigenvalue weighted by molar-refractivity contribution is -0.181. The molecule has 1 spiro atoms. The molecule has 5 nitrogen and oxygen atoms in total. The van der Waals surface area contributed by atoms with Gasteiger partial charge in [-0.05, 0) is 6.07 Å². The van der Waals surface area contributed by atoms with Gasteiger partial charge in [-0.15, -0.1) is 0 Å². The highest BCUT2D eigenvalue weighted by molar-refractivity contribution is 6.31. The van der Waals surface area contributed by atoms with Crippen LogP contribution in [-0.4, -0.2) is 42.9 Å². The molecule has 0 radical (unpaired) electrons. The van der Waals surface area contributed by atoms with E-state index in [0.717, 1.165) is 42.8 Å². The molecule has 0 unspecified atom stereocenters. The van der Waals surface area contributed by atoms with Crippen LogP contribution in [0.5, 0.6) is 0 Å². The molecule has 0 atom stereocenters. The Morgan fingerprint density at radius 3 is 2.62 bits per heavy atom. The number of amides is 1. The van der Waals surface area contributed by atoms with Gasteiger partial charge in [0.2, 0.25) is 0 Å². The molecule has 2 fully saturated rings. The number of rotatable bonds is 1. The molecular weight excluding hydrogens is 268 g/mol. The summed E-state index contributed by atoms with van der Waals surface area (Å²) in [6.07, 6.45) is 3.67. The van der Waals surface area contributed by atoms with E-state index in [-0.39, 0.29) is 11.7 Å². The van der Waals surface area contributed by atoms with Gasteiger partial charge in [0, 0.05) is 43.4 Å². The quantitative estimate of drug-likeness (QED) is 0.800. The van der Waals surface area contributed by atoms with Crippen LogP contribution in [-0.2, 0) is 14.3 Å². The van der Waals surface area contributed by atoms with Crippen LogP contribution in [0.4, 0.5) is 5.69 Å². The van der Waals surface area contributed by atoms with Crippen LogP contribution in [0.2, 0.25) is 0 Å². The molecule has 1 aromatic rings. The highest BCUT2D eigenvalue weighted by Crippen LogP contribution is 2.34. The number of likely N-dealkylation sites (tertiary alicyclic amines) is 1. The highest BCUT2D eigenvalue weighted by atomic mass is 16.7. The number of fused-ring (bicyclic) bond motifs is 1. The van der Waals surface area contributed by atoms with Crippen LogP contribution in [0.15, 0.2) is 30.5 Å². The summed E-state index contributed by atoms with van der Waals surface area (Å²) in [6, 6.07) is 7.80. The second-order valence-electron chi connectivity index (χ2n) is 5.69. The van der Waals surface area contributed by atoms with Gasteiger partial charge in [0.1, 0.15) is 0 Å². The van der Waals surface area contributed by atoms with Crippen molar-refractivity contribution in [3.8, 4) is 0 Å². The van der Waals surface area contributed by atoms with Gasteiger partial charge in [0.15, 0.2) is 5.79 Å². The summed E-state index contributed by atoms with van der Waals surface area (Å²) in [5, 5.41) is 2.90. The molecule has 21 heavy (non-hydrogen) atoms. The van der Waals surface area contributed by atoms with E-state index in [9.17, 15) is 4.79 Å².